The summed E-state index contributed by atoms with van der Waals surface area (Å²) in [5.41, 5.74) is 1.13. The molecule has 2 saturated heterocycles. The van der Waals surface area contributed by atoms with Gasteiger partial charge in [-0.3, -0.25) is 14.7 Å². The van der Waals surface area contributed by atoms with Crippen LogP contribution < -0.4 is 10.1 Å². The Bertz CT molecular complexity index is 728. The summed E-state index contributed by atoms with van der Waals surface area (Å²) in [6.07, 6.45) is 1.83. The van der Waals surface area contributed by atoms with Gasteiger partial charge in [0.25, 0.3) is 0 Å². The Morgan fingerprint density at radius 2 is 2.09 bits per heavy atom. The van der Waals surface area contributed by atoms with Crippen LogP contribution in [0.25, 0.3) is 0 Å². The largest absolute Gasteiger partial charge is 0.492 e. The molecule has 0 radical (unpaired) electrons. The number of carbonyl (C=O) groups excluding carboxylic acids is 1. The van der Waals surface area contributed by atoms with Crippen molar-refractivity contribution < 1.29 is 19.0 Å². The molecule has 32 heavy (non-hydrogen) atoms. The van der Waals surface area contributed by atoms with E-state index in [9.17, 15) is 4.79 Å². The topological polar surface area (TPSA) is 75.6 Å². The van der Waals surface area contributed by atoms with E-state index in [2.05, 4.69) is 32.2 Å². The van der Waals surface area contributed by atoms with Gasteiger partial charge in [-0.1, -0.05) is 12.1 Å². The Morgan fingerprint density at radius 1 is 1.28 bits per heavy atom. The molecule has 1 N–H and O–H groups in total. The van der Waals surface area contributed by atoms with Gasteiger partial charge in [0.05, 0.1) is 25.7 Å². The molecule has 1 aromatic carbocycles. The van der Waals surface area contributed by atoms with Gasteiger partial charge in [-0.2, -0.15) is 0 Å². The molecule has 0 spiro atoms. The first-order valence-electron chi connectivity index (χ1n) is 11.3. The fourth-order valence-corrected chi connectivity index (χ4v) is 4.00. The molecule has 180 valence electrons. The number of benzene rings is 1. The molecule has 0 saturated carbocycles. The van der Waals surface area contributed by atoms with Gasteiger partial charge in [0.1, 0.15) is 12.4 Å². The molecule has 1 aromatic rings. The minimum Gasteiger partial charge on any atom is -0.492 e. The van der Waals surface area contributed by atoms with Crippen LogP contribution in [0.1, 0.15) is 25.3 Å². The molecule has 0 aromatic heterocycles. The SMILES string of the molecule is CCOC(=O)C1CCCN(C(=NC)NCc2cccc(OCCN3CCOCC3)c2)C1.I. The monoisotopic (exact) mass is 560 g/mol. The summed E-state index contributed by atoms with van der Waals surface area (Å²) in [4.78, 5) is 21.1. The van der Waals surface area contributed by atoms with Crippen LogP contribution in [0.3, 0.4) is 0 Å². The lowest BCUT2D eigenvalue weighted by molar-refractivity contribution is -0.149. The Morgan fingerprint density at radius 3 is 2.84 bits per heavy atom. The van der Waals surface area contributed by atoms with Gasteiger partial charge in [0.2, 0.25) is 0 Å². The number of rotatable bonds is 8. The van der Waals surface area contributed by atoms with Crippen LogP contribution in [0.4, 0.5) is 0 Å². The molecule has 0 bridgehead atoms. The van der Waals surface area contributed by atoms with Crippen LogP contribution in [0.15, 0.2) is 29.3 Å². The quantitative estimate of drug-likeness (QED) is 0.227. The number of hydrogen-bond acceptors (Lipinski definition) is 6. The minimum atomic E-state index is -0.107. The lowest BCUT2D eigenvalue weighted by Crippen LogP contribution is -2.48. The van der Waals surface area contributed by atoms with E-state index in [-0.39, 0.29) is 35.9 Å². The van der Waals surface area contributed by atoms with E-state index in [0.29, 0.717) is 26.3 Å². The number of nitrogens with one attached hydrogen (secondary N) is 1. The molecule has 2 aliphatic rings. The molecule has 2 aliphatic heterocycles. The number of nitrogens with zero attached hydrogens (tertiary/aromatic N) is 3. The highest BCUT2D eigenvalue weighted by molar-refractivity contribution is 14.0. The fraction of sp³-hybridized carbons (Fsp3) is 0.652. The van der Waals surface area contributed by atoms with Crippen molar-refractivity contribution in [2.75, 3.05) is 66.2 Å². The highest BCUT2D eigenvalue weighted by Crippen LogP contribution is 2.18. The summed E-state index contributed by atoms with van der Waals surface area (Å²) in [6, 6.07) is 8.15. The van der Waals surface area contributed by atoms with Crippen LogP contribution in [-0.4, -0.2) is 87.9 Å². The molecular formula is C23H37IN4O4. The smallest absolute Gasteiger partial charge is 0.310 e. The van der Waals surface area contributed by atoms with Gasteiger partial charge in [0, 0.05) is 46.3 Å². The van der Waals surface area contributed by atoms with Crippen molar-refractivity contribution in [3.05, 3.63) is 29.8 Å². The second-order valence-electron chi connectivity index (χ2n) is 7.89. The zero-order chi connectivity index (χ0) is 21.9. The van der Waals surface area contributed by atoms with Crippen molar-refractivity contribution in [1.82, 2.24) is 15.1 Å². The van der Waals surface area contributed by atoms with Gasteiger partial charge in [-0.25, -0.2) is 0 Å². The maximum Gasteiger partial charge on any atom is 0.310 e. The average Bonchev–Trinajstić information content (AvgIpc) is 2.81. The standard InChI is InChI=1S/C23H36N4O4.HI/c1-3-30-22(28)20-7-5-9-27(18-20)23(24-2)25-17-19-6-4-8-21(16-19)31-15-12-26-10-13-29-14-11-26;/h4,6,8,16,20H,3,5,7,9-15,17-18H2,1-2H3,(H,24,25);1H. The number of aliphatic imine (C=N–C) groups is 1. The average molecular weight is 560 g/mol. The first-order chi connectivity index (χ1) is 15.2. The summed E-state index contributed by atoms with van der Waals surface area (Å²) in [5.74, 6) is 1.50. The summed E-state index contributed by atoms with van der Waals surface area (Å²) >= 11 is 0. The van der Waals surface area contributed by atoms with Crippen LogP contribution in [0.2, 0.25) is 0 Å². The number of likely N-dealkylation sites (tertiary alicyclic amines) is 1. The number of halogens is 1. The third kappa shape index (κ3) is 8.40. The zero-order valence-corrected chi connectivity index (χ0v) is 21.6. The lowest BCUT2D eigenvalue weighted by Gasteiger charge is -2.34. The Hall–Kier alpha value is -1.59. The molecule has 9 heteroatoms. The van der Waals surface area contributed by atoms with E-state index < -0.39 is 0 Å². The number of guanidine groups is 1. The molecule has 2 heterocycles. The maximum absolute atomic E-state index is 12.1. The number of morpholine rings is 1. The number of carbonyl (C=O) groups is 1. The van der Waals surface area contributed by atoms with Gasteiger partial charge < -0.3 is 24.4 Å². The normalized spacial score (nSPS) is 19.8. The fourth-order valence-electron chi connectivity index (χ4n) is 4.00. The first-order valence-corrected chi connectivity index (χ1v) is 11.3. The van der Waals surface area contributed by atoms with Crippen LogP contribution in [0, 0.1) is 5.92 Å². The highest BCUT2D eigenvalue weighted by Gasteiger charge is 2.28. The van der Waals surface area contributed by atoms with E-state index in [1.165, 1.54) is 0 Å². The minimum absolute atomic E-state index is 0. The summed E-state index contributed by atoms with van der Waals surface area (Å²) in [7, 11) is 1.78. The summed E-state index contributed by atoms with van der Waals surface area (Å²) in [6.45, 7) is 9.58. The number of esters is 1. The molecule has 2 fully saturated rings. The molecule has 1 atom stereocenters. The van der Waals surface area contributed by atoms with Crippen LogP contribution in [0.5, 0.6) is 5.75 Å². The molecule has 1 unspecified atom stereocenters. The predicted molar refractivity (Wildman–Crippen MR) is 136 cm³/mol. The molecule has 3 rings (SSSR count). The highest BCUT2D eigenvalue weighted by atomic mass is 127. The number of piperidine rings is 1. The Balaban J connectivity index is 0.00000363. The van der Waals surface area contributed by atoms with Crippen LogP contribution >= 0.6 is 24.0 Å². The van der Waals surface area contributed by atoms with Crippen molar-refractivity contribution >= 4 is 35.9 Å². The van der Waals surface area contributed by atoms with Crippen molar-refractivity contribution in [1.29, 1.82) is 0 Å². The third-order valence-corrected chi connectivity index (χ3v) is 5.68. The molecule has 8 nitrogen and oxygen atoms in total. The van der Waals surface area contributed by atoms with Gasteiger partial charge >= 0.3 is 5.97 Å². The van der Waals surface area contributed by atoms with Crippen molar-refractivity contribution in [2.24, 2.45) is 10.9 Å². The Labute approximate surface area is 208 Å². The summed E-state index contributed by atoms with van der Waals surface area (Å²) < 4.78 is 16.5. The second-order valence-corrected chi connectivity index (χ2v) is 7.89. The van der Waals surface area contributed by atoms with Gasteiger partial charge in [0.15, 0.2) is 5.96 Å². The van der Waals surface area contributed by atoms with E-state index in [0.717, 1.165) is 69.5 Å². The molecule has 0 aliphatic carbocycles. The maximum atomic E-state index is 12.1. The van der Waals surface area contributed by atoms with E-state index in [4.69, 9.17) is 14.2 Å². The summed E-state index contributed by atoms with van der Waals surface area (Å²) in [5, 5.41) is 3.43. The number of hydrogen-bond donors (Lipinski definition) is 1. The van der Waals surface area contributed by atoms with Gasteiger partial charge in [-0.05, 0) is 37.5 Å². The Kier molecular flexibility index (Phi) is 12.1. The predicted octanol–water partition coefficient (Wildman–Crippen LogP) is 2.37. The first kappa shape index (κ1) is 26.7. The zero-order valence-electron chi connectivity index (χ0n) is 19.3. The van der Waals surface area contributed by atoms with E-state index in [1.807, 2.05) is 19.1 Å². The molecule has 0 amide bonds. The lowest BCUT2D eigenvalue weighted by atomic mass is 9.98. The van der Waals surface area contributed by atoms with Crippen molar-refractivity contribution in [3.63, 3.8) is 0 Å². The van der Waals surface area contributed by atoms with E-state index >= 15 is 0 Å². The second kappa shape index (κ2) is 14.5. The molecular weight excluding hydrogens is 523 g/mol. The van der Waals surface area contributed by atoms with E-state index in [1.54, 1.807) is 7.05 Å². The van der Waals surface area contributed by atoms with Crippen molar-refractivity contribution in [3.8, 4) is 5.75 Å². The third-order valence-electron chi connectivity index (χ3n) is 5.68. The van der Waals surface area contributed by atoms with Gasteiger partial charge in [-0.15, -0.1) is 24.0 Å². The van der Waals surface area contributed by atoms with Crippen molar-refractivity contribution in [2.45, 2.75) is 26.3 Å². The van der Waals surface area contributed by atoms with Crippen LogP contribution in [-0.2, 0) is 20.8 Å². The number of ether oxygens (including phenoxy) is 3.